The molecule has 4 rings (SSSR count). The Hall–Kier alpha value is -2.91. The number of nitrogens with zero attached hydrogens (tertiary/aromatic N) is 7. The molecule has 1 N–H and O–H groups in total. The largest absolute Gasteiger partial charge is 0.352 e. The molecular formula is C18H18Cl2N8O. The lowest BCUT2D eigenvalue weighted by Crippen LogP contribution is -2.50. The first-order valence-electron chi connectivity index (χ1n) is 8.98. The van der Waals surface area contributed by atoms with Crippen LogP contribution in [0.5, 0.6) is 0 Å². The maximum Gasteiger partial charge on any atom is 0.321 e. The second-order valence-electron chi connectivity index (χ2n) is 6.57. The molecule has 1 aliphatic rings. The van der Waals surface area contributed by atoms with Crippen LogP contribution in [0.4, 0.5) is 16.3 Å². The van der Waals surface area contributed by atoms with E-state index in [1.807, 2.05) is 30.0 Å². The van der Waals surface area contributed by atoms with Gasteiger partial charge in [0.05, 0.1) is 15.7 Å². The minimum atomic E-state index is -0.156. The van der Waals surface area contributed by atoms with Gasteiger partial charge in [0.2, 0.25) is 0 Å². The summed E-state index contributed by atoms with van der Waals surface area (Å²) < 4.78 is 1.56. The molecule has 9 nitrogen and oxygen atoms in total. The third-order valence-corrected chi connectivity index (χ3v) is 5.28. The Morgan fingerprint density at radius 3 is 2.66 bits per heavy atom. The average Bonchev–Trinajstić information content (AvgIpc) is 3.24. The molecule has 0 atom stereocenters. The van der Waals surface area contributed by atoms with Crippen LogP contribution in [0.3, 0.4) is 0 Å². The Labute approximate surface area is 177 Å². The number of nitrogens with one attached hydrogen (secondary N) is 1. The normalized spacial score (nSPS) is 14.2. The van der Waals surface area contributed by atoms with Crippen molar-refractivity contribution in [3.05, 3.63) is 52.4 Å². The fraction of sp³-hybridized carbons (Fsp3) is 0.278. The molecule has 0 radical (unpaired) electrons. The van der Waals surface area contributed by atoms with Crippen molar-refractivity contribution < 1.29 is 4.79 Å². The number of hydrogen-bond acceptors (Lipinski definition) is 6. The highest BCUT2D eigenvalue weighted by atomic mass is 35.5. The highest BCUT2D eigenvalue weighted by Gasteiger charge is 2.24. The van der Waals surface area contributed by atoms with Gasteiger partial charge in [-0.1, -0.05) is 29.3 Å². The lowest BCUT2D eigenvalue weighted by molar-refractivity contribution is 0.208. The predicted octanol–water partition coefficient (Wildman–Crippen LogP) is 3.03. The average molecular weight is 433 g/mol. The molecule has 1 saturated heterocycles. The zero-order valence-corrected chi connectivity index (χ0v) is 17.1. The molecule has 1 fully saturated rings. The van der Waals surface area contributed by atoms with Gasteiger partial charge in [-0.05, 0) is 41.1 Å². The van der Waals surface area contributed by atoms with Gasteiger partial charge in [-0.25, -0.2) is 14.5 Å². The first kappa shape index (κ1) is 19.4. The predicted molar refractivity (Wildman–Crippen MR) is 111 cm³/mol. The Bertz CT molecular complexity index is 1020. The van der Waals surface area contributed by atoms with Crippen molar-refractivity contribution in [1.82, 2.24) is 30.1 Å². The zero-order valence-electron chi connectivity index (χ0n) is 15.6. The molecule has 2 aromatic heterocycles. The van der Waals surface area contributed by atoms with Crippen LogP contribution in [-0.2, 0) is 0 Å². The van der Waals surface area contributed by atoms with Crippen LogP contribution >= 0.6 is 23.2 Å². The van der Waals surface area contributed by atoms with Gasteiger partial charge in [0.15, 0.2) is 0 Å². The number of piperazine rings is 1. The molecular weight excluding hydrogens is 415 g/mol. The van der Waals surface area contributed by atoms with Crippen LogP contribution < -0.4 is 10.2 Å². The van der Waals surface area contributed by atoms with Crippen molar-refractivity contribution in [2.24, 2.45) is 0 Å². The molecule has 29 heavy (non-hydrogen) atoms. The highest BCUT2D eigenvalue weighted by Crippen LogP contribution is 2.27. The molecule has 3 aromatic rings. The minimum Gasteiger partial charge on any atom is -0.352 e. The summed E-state index contributed by atoms with van der Waals surface area (Å²) in [5.41, 5.74) is 2.40. The third-order valence-electron chi connectivity index (χ3n) is 4.80. The number of amides is 2. The van der Waals surface area contributed by atoms with Crippen LogP contribution in [0.2, 0.25) is 10.0 Å². The standard InChI is InChI=1S/C18H18Cl2N8O/c1-12-15(3-2-4-16(12)28-11-22-24-25-28)23-18(29)27-7-5-26(6-8-27)17-14(20)9-13(19)10-21-17/h2-4,9-11H,5-8H2,1H3,(H,23,29). The van der Waals surface area contributed by atoms with Gasteiger partial charge in [0.1, 0.15) is 12.1 Å². The molecule has 0 bridgehead atoms. The Kier molecular flexibility index (Phi) is 5.50. The molecule has 0 unspecified atom stereocenters. The number of benzene rings is 1. The second kappa shape index (κ2) is 8.22. The fourth-order valence-corrected chi connectivity index (χ4v) is 3.73. The van der Waals surface area contributed by atoms with Gasteiger partial charge in [-0.15, -0.1) is 5.10 Å². The maximum atomic E-state index is 12.8. The number of carbonyl (C=O) groups is 1. The number of hydrogen-bond donors (Lipinski definition) is 1. The van der Waals surface area contributed by atoms with E-state index in [-0.39, 0.29) is 6.03 Å². The topological polar surface area (TPSA) is 92.1 Å². The third kappa shape index (κ3) is 4.10. The summed E-state index contributed by atoms with van der Waals surface area (Å²) in [6, 6.07) is 7.12. The van der Waals surface area contributed by atoms with E-state index in [1.165, 1.54) is 6.33 Å². The summed E-state index contributed by atoms with van der Waals surface area (Å²) in [5, 5.41) is 15.2. The summed E-state index contributed by atoms with van der Waals surface area (Å²) in [4.78, 5) is 20.9. The van der Waals surface area contributed by atoms with Crippen molar-refractivity contribution in [3.63, 3.8) is 0 Å². The fourth-order valence-electron chi connectivity index (χ4n) is 3.23. The van der Waals surface area contributed by atoms with Gasteiger partial charge in [-0.2, -0.15) is 0 Å². The van der Waals surface area contributed by atoms with E-state index in [1.54, 1.807) is 21.8 Å². The number of rotatable bonds is 3. The Morgan fingerprint density at radius 1 is 1.17 bits per heavy atom. The Balaban J connectivity index is 1.41. The van der Waals surface area contributed by atoms with Crippen molar-refractivity contribution in [2.45, 2.75) is 6.92 Å². The smallest absolute Gasteiger partial charge is 0.321 e. The monoisotopic (exact) mass is 432 g/mol. The number of anilines is 2. The van der Waals surface area contributed by atoms with Crippen LogP contribution in [0.1, 0.15) is 5.56 Å². The first-order valence-corrected chi connectivity index (χ1v) is 9.73. The van der Waals surface area contributed by atoms with E-state index in [2.05, 4.69) is 25.8 Å². The lowest BCUT2D eigenvalue weighted by Gasteiger charge is -2.35. The summed E-state index contributed by atoms with van der Waals surface area (Å²) in [5.74, 6) is 0.682. The number of carbonyl (C=O) groups excluding carboxylic acids is 1. The molecule has 2 amide bonds. The number of halogens is 2. The summed E-state index contributed by atoms with van der Waals surface area (Å²) in [6.07, 6.45) is 3.09. The second-order valence-corrected chi connectivity index (χ2v) is 7.41. The van der Waals surface area contributed by atoms with Crippen molar-refractivity contribution in [3.8, 4) is 5.69 Å². The molecule has 0 spiro atoms. The quantitative estimate of drug-likeness (QED) is 0.683. The van der Waals surface area contributed by atoms with Crippen LogP contribution in [-0.4, -0.2) is 62.3 Å². The van der Waals surface area contributed by atoms with Crippen molar-refractivity contribution >= 4 is 40.7 Å². The zero-order chi connectivity index (χ0) is 20.4. The molecule has 11 heteroatoms. The van der Waals surface area contributed by atoms with Gasteiger partial charge in [0, 0.05) is 38.1 Å². The van der Waals surface area contributed by atoms with E-state index in [0.717, 1.165) is 11.3 Å². The maximum absolute atomic E-state index is 12.8. The summed E-state index contributed by atoms with van der Waals surface area (Å²) >= 11 is 12.2. The molecule has 0 saturated carbocycles. The number of aromatic nitrogens is 5. The lowest BCUT2D eigenvalue weighted by atomic mass is 10.1. The molecule has 0 aliphatic carbocycles. The SMILES string of the molecule is Cc1c(NC(=O)N2CCN(c3ncc(Cl)cc3Cl)CC2)cccc1-n1cnnn1. The Morgan fingerprint density at radius 2 is 1.97 bits per heavy atom. The molecule has 1 aliphatic heterocycles. The van der Waals surface area contributed by atoms with E-state index in [4.69, 9.17) is 23.2 Å². The summed E-state index contributed by atoms with van der Waals surface area (Å²) in [7, 11) is 0. The number of tetrazole rings is 1. The van der Waals surface area contributed by atoms with E-state index >= 15 is 0 Å². The van der Waals surface area contributed by atoms with Crippen LogP contribution in [0, 0.1) is 6.92 Å². The van der Waals surface area contributed by atoms with E-state index in [9.17, 15) is 4.79 Å². The van der Waals surface area contributed by atoms with Gasteiger partial charge in [0.25, 0.3) is 0 Å². The van der Waals surface area contributed by atoms with Gasteiger partial charge in [-0.3, -0.25) is 0 Å². The first-order chi connectivity index (χ1) is 14.0. The number of pyridine rings is 1. The number of urea groups is 1. The van der Waals surface area contributed by atoms with Gasteiger partial charge < -0.3 is 15.1 Å². The minimum absolute atomic E-state index is 0.156. The van der Waals surface area contributed by atoms with E-state index in [0.29, 0.717) is 47.7 Å². The van der Waals surface area contributed by atoms with Gasteiger partial charge >= 0.3 is 6.03 Å². The highest BCUT2D eigenvalue weighted by molar-refractivity contribution is 6.36. The molecule has 150 valence electrons. The van der Waals surface area contributed by atoms with Crippen molar-refractivity contribution in [1.29, 1.82) is 0 Å². The van der Waals surface area contributed by atoms with Crippen LogP contribution in [0.15, 0.2) is 36.8 Å². The molecule has 3 heterocycles. The van der Waals surface area contributed by atoms with Crippen molar-refractivity contribution in [2.75, 3.05) is 36.4 Å². The summed E-state index contributed by atoms with van der Waals surface area (Å²) in [6.45, 7) is 4.28. The van der Waals surface area contributed by atoms with Crippen LogP contribution in [0.25, 0.3) is 5.69 Å². The molecule has 1 aromatic carbocycles. The van der Waals surface area contributed by atoms with E-state index < -0.39 is 0 Å².